The molecule has 12 heavy (non-hydrogen) atoms. The fraction of sp³-hybridized carbons (Fsp3) is 0.125. The fourth-order valence-corrected chi connectivity index (χ4v) is 0.534. The van der Waals surface area contributed by atoms with Crippen molar-refractivity contribution in [1.82, 2.24) is 0 Å². The second-order valence-corrected chi connectivity index (χ2v) is 1.90. The molecular weight excluding hydrogens is 184 g/mol. The van der Waals surface area contributed by atoms with Gasteiger partial charge in [-0.15, -0.1) is 0 Å². The van der Waals surface area contributed by atoms with Gasteiger partial charge < -0.3 is 15.0 Å². The zero-order chi connectivity index (χ0) is 8.69. The average molecular weight is 192 g/mol. The van der Waals surface area contributed by atoms with Crippen LogP contribution in [-0.4, -0.2) is 43.9 Å². The van der Waals surface area contributed by atoms with Gasteiger partial charge in [0.1, 0.15) is 0 Å². The second kappa shape index (κ2) is 8.84. The van der Waals surface area contributed by atoms with Gasteiger partial charge in [0.25, 0.3) is 0 Å². The molecule has 1 aromatic carbocycles. The molecule has 0 unspecified atom stereocenters. The number of carbonyl (C=O) groups excluding carboxylic acids is 1. The Bertz CT molecular complexity index is 207. The Morgan fingerprint density at radius 3 is 1.67 bits per heavy atom. The predicted octanol–water partition coefficient (Wildman–Crippen LogP) is -0.833. The van der Waals surface area contributed by atoms with Gasteiger partial charge in [0.15, 0.2) is 0 Å². The van der Waals surface area contributed by atoms with Crippen LogP contribution in [0.5, 0.6) is 0 Å². The minimum atomic E-state index is -2.33. The molecule has 0 fully saturated rings. The number of hydrogen-bond donors (Lipinski definition) is 0. The number of carboxylic acid groups (broad SMARTS) is 2. The van der Waals surface area contributed by atoms with Crippen LogP contribution >= 0.6 is 0 Å². The summed E-state index contributed by atoms with van der Waals surface area (Å²) in [6, 6.07) is 10.3. The summed E-state index contributed by atoms with van der Waals surface area (Å²) < 4.78 is 0. The van der Waals surface area contributed by atoms with E-state index in [9.17, 15) is 0 Å². The minimum Gasteiger partial charge on any atom is -0.652 e. The van der Waals surface area contributed by atoms with Crippen LogP contribution in [0.3, 0.4) is 0 Å². The maximum atomic E-state index is 8.33. The Balaban J connectivity index is 0. The van der Waals surface area contributed by atoms with E-state index < -0.39 is 6.16 Å². The summed E-state index contributed by atoms with van der Waals surface area (Å²) >= 11 is 0. The average Bonchev–Trinajstić information content (AvgIpc) is 1.87. The van der Waals surface area contributed by atoms with Crippen LogP contribution in [0.4, 0.5) is 4.79 Å². The molecule has 0 saturated carbocycles. The number of aryl methyl sites for hydroxylation is 1. The topological polar surface area (TPSA) is 63.2 Å². The molecule has 0 aliphatic carbocycles. The van der Waals surface area contributed by atoms with Crippen molar-refractivity contribution in [3.8, 4) is 0 Å². The molecule has 4 heteroatoms. The zero-order valence-corrected chi connectivity index (χ0v) is 9.03. The van der Waals surface area contributed by atoms with Crippen LogP contribution in [0, 0.1) is 6.92 Å². The smallest absolute Gasteiger partial charge is 0.652 e. The van der Waals surface area contributed by atoms with Crippen molar-refractivity contribution in [3.05, 3.63) is 35.9 Å². The molecule has 0 aromatic heterocycles. The Labute approximate surface area is 101 Å². The van der Waals surface area contributed by atoms with Gasteiger partial charge >= 0.3 is 37.7 Å². The first-order valence-corrected chi connectivity index (χ1v) is 3.02. The molecule has 0 aliphatic rings. The summed E-state index contributed by atoms with van der Waals surface area (Å²) in [5.74, 6) is 0. The predicted molar refractivity (Wildman–Crippen MR) is 42.3 cm³/mol. The Kier molecular flexibility index (Phi) is 10.5. The molecule has 0 atom stereocenters. The van der Waals surface area contributed by atoms with Gasteiger partial charge in [0.05, 0.1) is 0 Å². The molecule has 0 saturated heterocycles. The molecule has 0 aliphatic heterocycles. The van der Waals surface area contributed by atoms with E-state index in [2.05, 4.69) is 19.1 Å². The molecule has 0 radical (unpaired) electrons. The van der Waals surface area contributed by atoms with Crippen LogP contribution in [0.25, 0.3) is 0 Å². The van der Waals surface area contributed by atoms with Gasteiger partial charge in [-0.05, 0) is 13.1 Å². The van der Waals surface area contributed by atoms with E-state index in [1.165, 1.54) is 5.56 Å². The first-order chi connectivity index (χ1) is 5.13. The van der Waals surface area contributed by atoms with Gasteiger partial charge in [-0.2, -0.15) is 0 Å². The summed E-state index contributed by atoms with van der Waals surface area (Å²) in [6.45, 7) is 2.08. The fourth-order valence-electron chi connectivity index (χ4n) is 0.534. The first kappa shape index (κ1) is 14.3. The van der Waals surface area contributed by atoms with Crippen LogP contribution in [0.15, 0.2) is 30.3 Å². The summed E-state index contributed by atoms with van der Waals surface area (Å²) in [4.78, 5) is 8.33. The maximum Gasteiger partial charge on any atom is 2.00 e. The number of benzene rings is 1. The van der Waals surface area contributed by atoms with Gasteiger partial charge in [-0.3, -0.25) is 0 Å². The number of rotatable bonds is 0. The molecule has 1 rings (SSSR count). The first-order valence-electron chi connectivity index (χ1n) is 3.02. The minimum absolute atomic E-state index is 0. The largest absolute Gasteiger partial charge is 2.00 e. The molecule has 0 bridgehead atoms. The molecule has 1 aromatic rings. The SMILES string of the molecule is Cc1ccccc1.O=C([O-])[O-].[Ca+2]. The molecule has 0 amide bonds. The molecule has 60 valence electrons. The molecule has 0 heterocycles. The Morgan fingerprint density at radius 1 is 1.17 bits per heavy atom. The van der Waals surface area contributed by atoms with Crippen molar-refractivity contribution < 1.29 is 15.0 Å². The van der Waals surface area contributed by atoms with Crippen molar-refractivity contribution >= 4 is 43.9 Å². The van der Waals surface area contributed by atoms with Crippen LogP contribution in [0.1, 0.15) is 5.56 Å². The summed E-state index contributed by atoms with van der Waals surface area (Å²) in [6.07, 6.45) is -2.33. The summed E-state index contributed by atoms with van der Waals surface area (Å²) in [7, 11) is 0. The van der Waals surface area contributed by atoms with E-state index >= 15 is 0 Å². The van der Waals surface area contributed by atoms with Crippen LogP contribution in [0.2, 0.25) is 0 Å². The zero-order valence-electron chi connectivity index (χ0n) is 6.82. The van der Waals surface area contributed by atoms with E-state index in [-0.39, 0.29) is 37.7 Å². The van der Waals surface area contributed by atoms with Crippen molar-refractivity contribution in [2.45, 2.75) is 6.92 Å². The van der Waals surface area contributed by atoms with Gasteiger partial charge in [-0.1, -0.05) is 35.9 Å². The molecular formula is C8H8CaO3. The van der Waals surface area contributed by atoms with E-state index in [0.717, 1.165) is 0 Å². The van der Waals surface area contributed by atoms with E-state index in [1.54, 1.807) is 0 Å². The summed E-state index contributed by atoms with van der Waals surface area (Å²) in [5.41, 5.74) is 1.32. The van der Waals surface area contributed by atoms with Crippen molar-refractivity contribution in [3.63, 3.8) is 0 Å². The van der Waals surface area contributed by atoms with Crippen molar-refractivity contribution in [1.29, 1.82) is 0 Å². The number of carbonyl (C=O) groups is 1. The van der Waals surface area contributed by atoms with Crippen LogP contribution in [-0.2, 0) is 0 Å². The third kappa shape index (κ3) is 12.4. The monoisotopic (exact) mass is 192 g/mol. The molecule has 0 N–H and O–H groups in total. The van der Waals surface area contributed by atoms with Crippen molar-refractivity contribution in [2.24, 2.45) is 0 Å². The standard InChI is InChI=1S/C7H8.CH2O3.Ca/c1-7-5-3-2-4-6-7;2-1(3)4;/h2-6H,1H3;(H2,2,3,4);/q;;+2/p-2. The van der Waals surface area contributed by atoms with Gasteiger partial charge in [-0.25, -0.2) is 0 Å². The molecule has 3 nitrogen and oxygen atoms in total. The van der Waals surface area contributed by atoms with E-state index in [1.807, 2.05) is 18.2 Å². The second-order valence-electron chi connectivity index (χ2n) is 1.90. The Hall–Kier alpha value is -0.250. The van der Waals surface area contributed by atoms with Crippen LogP contribution < -0.4 is 10.2 Å². The van der Waals surface area contributed by atoms with Gasteiger partial charge in [0, 0.05) is 0 Å². The number of hydrogen-bond acceptors (Lipinski definition) is 3. The Morgan fingerprint density at radius 2 is 1.50 bits per heavy atom. The third-order valence-corrected chi connectivity index (χ3v) is 0.940. The quantitative estimate of drug-likeness (QED) is 0.504. The normalized spacial score (nSPS) is 7.08. The van der Waals surface area contributed by atoms with Crippen molar-refractivity contribution in [2.75, 3.05) is 0 Å². The van der Waals surface area contributed by atoms with E-state index in [0.29, 0.717) is 0 Å². The summed E-state index contributed by atoms with van der Waals surface area (Å²) in [5, 5.41) is 16.7. The van der Waals surface area contributed by atoms with Gasteiger partial charge in [0.2, 0.25) is 0 Å². The third-order valence-electron chi connectivity index (χ3n) is 0.940. The molecule has 0 spiro atoms. The maximum absolute atomic E-state index is 8.33. The van der Waals surface area contributed by atoms with E-state index in [4.69, 9.17) is 15.0 Å².